The van der Waals surface area contributed by atoms with Crippen LogP contribution in [0.4, 0.5) is 0 Å². The van der Waals surface area contributed by atoms with E-state index >= 15 is 0 Å². The zero-order valence-electron chi connectivity index (χ0n) is 14.0. The monoisotopic (exact) mass is 393 g/mol. The number of aliphatic hydroxyl groups is 1. The molecule has 0 aromatic carbocycles. The van der Waals surface area contributed by atoms with E-state index in [9.17, 15) is 29.1 Å². The molecule has 0 bridgehead atoms. The third-order valence-electron chi connectivity index (χ3n) is 3.10. The topological polar surface area (TPSA) is 214 Å². The van der Waals surface area contributed by atoms with Gasteiger partial charge >= 0.3 is 5.97 Å². The van der Waals surface area contributed by atoms with Gasteiger partial charge in [-0.3, -0.25) is 19.2 Å². The van der Waals surface area contributed by atoms with Gasteiger partial charge in [-0.15, -0.1) is 0 Å². The summed E-state index contributed by atoms with van der Waals surface area (Å²) in [4.78, 5) is 57.5. The Morgan fingerprint density at radius 1 is 1.04 bits per heavy atom. The summed E-state index contributed by atoms with van der Waals surface area (Å²) in [5.74, 6) is -5.13. The van der Waals surface area contributed by atoms with Gasteiger partial charge in [0.1, 0.15) is 18.1 Å². The van der Waals surface area contributed by atoms with Crippen molar-refractivity contribution in [2.75, 3.05) is 12.3 Å². The van der Waals surface area contributed by atoms with Gasteiger partial charge in [0.2, 0.25) is 23.6 Å². The molecule has 0 aliphatic rings. The van der Waals surface area contributed by atoms with Crippen molar-refractivity contribution in [1.29, 1.82) is 0 Å². The summed E-state index contributed by atoms with van der Waals surface area (Å²) in [5, 5.41) is 25.1. The Morgan fingerprint density at radius 3 is 2.00 bits per heavy atom. The molecule has 0 saturated carbocycles. The highest BCUT2D eigenvalue weighted by atomic mass is 32.1. The molecular weight excluding hydrogens is 370 g/mol. The number of carbonyl (C=O) groups excluding carboxylic acids is 4. The first-order valence-corrected chi connectivity index (χ1v) is 8.06. The minimum Gasteiger partial charge on any atom is -0.480 e. The zero-order valence-corrected chi connectivity index (χ0v) is 14.9. The number of rotatable bonds is 11. The van der Waals surface area contributed by atoms with Crippen molar-refractivity contribution < 1.29 is 34.2 Å². The third kappa shape index (κ3) is 8.13. The van der Waals surface area contributed by atoms with Gasteiger partial charge in [-0.05, 0) is 6.92 Å². The predicted molar refractivity (Wildman–Crippen MR) is 91.8 cm³/mol. The van der Waals surface area contributed by atoms with Crippen molar-refractivity contribution in [1.82, 2.24) is 16.0 Å². The van der Waals surface area contributed by atoms with E-state index in [2.05, 4.69) is 23.3 Å². The molecule has 0 heterocycles. The zero-order chi connectivity index (χ0) is 20.4. The van der Waals surface area contributed by atoms with Crippen LogP contribution >= 0.6 is 12.6 Å². The molecule has 0 spiro atoms. The fourth-order valence-corrected chi connectivity index (χ4v) is 2.03. The van der Waals surface area contributed by atoms with Gasteiger partial charge in [-0.2, -0.15) is 12.6 Å². The fraction of sp³-hybridized carbons (Fsp3) is 0.615. The lowest BCUT2D eigenvalue weighted by Crippen LogP contribution is -2.59. The van der Waals surface area contributed by atoms with Gasteiger partial charge < -0.3 is 37.6 Å². The molecule has 0 aliphatic heterocycles. The Kier molecular flexibility index (Phi) is 10.2. The molecule has 12 nitrogen and oxygen atoms in total. The largest absolute Gasteiger partial charge is 0.480 e. The number of hydrogen-bond acceptors (Lipinski definition) is 8. The Hall–Kier alpha value is -2.38. The maximum absolute atomic E-state index is 12.2. The first-order valence-electron chi connectivity index (χ1n) is 7.43. The Labute approximate surface area is 154 Å². The first-order chi connectivity index (χ1) is 12.0. The molecule has 13 heteroatoms. The molecule has 0 aromatic rings. The lowest BCUT2D eigenvalue weighted by Gasteiger charge is -2.25. The number of aliphatic carboxylic acids is 1. The number of carboxylic acid groups (broad SMARTS) is 1. The van der Waals surface area contributed by atoms with E-state index in [1.165, 1.54) is 6.92 Å². The van der Waals surface area contributed by atoms with Crippen molar-refractivity contribution >= 4 is 42.2 Å². The second-order valence-electron chi connectivity index (χ2n) is 5.30. The van der Waals surface area contributed by atoms with Crippen LogP contribution in [0.2, 0.25) is 0 Å². The number of aliphatic hydroxyl groups excluding tert-OH is 1. The average molecular weight is 393 g/mol. The Bertz CT molecular complexity index is 557. The summed E-state index contributed by atoms with van der Waals surface area (Å²) < 4.78 is 0. The molecule has 4 amide bonds. The van der Waals surface area contributed by atoms with Crippen LogP contribution in [0.5, 0.6) is 0 Å². The molecule has 4 unspecified atom stereocenters. The lowest BCUT2D eigenvalue weighted by atomic mass is 10.1. The summed E-state index contributed by atoms with van der Waals surface area (Å²) in [6, 6.07) is -4.31. The van der Waals surface area contributed by atoms with E-state index in [0.29, 0.717) is 0 Å². The number of amides is 4. The van der Waals surface area contributed by atoms with Crippen molar-refractivity contribution in [3.8, 4) is 0 Å². The normalized spacial score (nSPS) is 15.1. The minimum absolute atomic E-state index is 0.120. The molecular formula is C13H23N5O7S. The highest BCUT2D eigenvalue weighted by Crippen LogP contribution is 2.00. The number of thiol groups is 1. The molecule has 0 saturated heterocycles. The number of primary amides is 1. The number of hydrogen-bond donors (Lipinski definition) is 8. The van der Waals surface area contributed by atoms with Gasteiger partial charge in [0.05, 0.1) is 19.1 Å². The van der Waals surface area contributed by atoms with Crippen molar-refractivity contribution in [3.05, 3.63) is 0 Å². The second kappa shape index (κ2) is 11.3. The molecule has 9 N–H and O–H groups in total. The molecule has 148 valence electrons. The molecule has 0 aliphatic carbocycles. The molecule has 0 aromatic heterocycles. The smallest absolute Gasteiger partial charge is 0.326 e. The summed E-state index contributed by atoms with van der Waals surface area (Å²) in [6.45, 7) is 0.813. The van der Waals surface area contributed by atoms with Crippen molar-refractivity contribution in [3.63, 3.8) is 0 Å². The van der Waals surface area contributed by atoms with Crippen LogP contribution in [-0.2, 0) is 24.0 Å². The molecule has 0 fully saturated rings. The highest BCUT2D eigenvalue weighted by molar-refractivity contribution is 7.80. The fourth-order valence-electron chi connectivity index (χ4n) is 1.77. The average Bonchev–Trinajstić information content (AvgIpc) is 2.55. The van der Waals surface area contributed by atoms with Crippen LogP contribution in [0.1, 0.15) is 13.3 Å². The third-order valence-corrected chi connectivity index (χ3v) is 3.47. The van der Waals surface area contributed by atoms with Gasteiger partial charge in [0.15, 0.2) is 0 Å². The number of nitrogens with one attached hydrogen (secondary N) is 3. The standard InChI is InChI=1S/C13H23N5O7S/c1-5(19)10(12(23)17-6(13(24)25)2-8(15)20)18-11(22)7(4-26)16-9(21)3-14/h5-7,10,19,26H,2-4,14H2,1H3,(H2,15,20)(H,16,21)(H,17,23)(H,18,22)(H,24,25). The van der Waals surface area contributed by atoms with Crippen LogP contribution in [0.25, 0.3) is 0 Å². The SMILES string of the molecule is CC(O)C(NC(=O)C(CS)NC(=O)CN)C(=O)NC(CC(N)=O)C(=O)O. The summed E-state index contributed by atoms with van der Waals surface area (Å²) in [6.07, 6.45) is -2.08. The van der Waals surface area contributed by atoms with Crippen LogP contribution in [-0.4, -0.2) is 76.3 Å². The van der Waals surface area contributed by atoms with Crippen molar-refractivity contribution in [2.24, 2.45) is 11.5 Å². The minimum atomic E-state index is -1.63. The highest BCUT2D eigenvalue weighted by Gasteiger charge is 2.32. The quantitative estimate of drug-likeness (QED) is 0.160. The summed E-state index contributed by atoms with van der Waals surface area (Å²) >= 11 is 3.91. The van der Waals surface area contributed by atoms with E-state index < -0.39 is 60.2 Å². The predicted octanol–water partition coefficient (Wildman–Crippen LogP) is -4.33. The summed E-state index contributed by atoms with van der Waals surface area (Å²) in [5.41, 5.74) is 10.0. The van der Waals surface area contributed by atoms with Gasteiger partial charge in [-0.1, -0.05) is 0 Å². The maximum atomic E-state index is 12.2. The Balaban J connectivity index is 5.12. The second-order valence-corrected chi connectivity index (χ2v) is 5.67. The van der Waals surface area contributed by atoms with Crippen molar-refractivity contribution in [2.45, 2.75) is 37.6 Å². The molecule has 0 rings (SSSR count). The van der Waals surface area contributed by atoms with E-state index in [1.807, 2.05) is 5.32 Å². The van der Waals surface area contributed by atoms with Crippen LogP contribution in [0, 0.1) is 0 Å². The van der Waals surface area contributed by atoms with Gasteiger partial charge in [0.25, 0.3) is 0 Å². The van der Waals surface area contributed by atoms with Gasteiger partial charge in [0, 0.05) is 5.75 Å². The number of carbonyl (C=O) groups is 5. The first kappa shape index (κ1) is 23.6. The van der Waals surface area contributed by atoms with Gasteiger partial charge in [-0.25, -0.2) is 4.79 Å². The Morgan fingerprint density at radius 2 is 1.62 bits per heavy atom. The van der Waals surface area contributed by atoms with Crippen LogP contribution in [0.3, 0.4) is 0 Å². The molecule has 26 heavy (non-hydrogen) atoms. The molecule has 4 atom stereocenters. The number of carboxylic acids is 1. The maximum Gasteiger partial charge on any atom is 0.326 e. The molecule has 0 radical (unpaired) electrons. The lowest BCUT2D eigenvalue weighted by molar-refractivity contribution is -0.144. The van der Waals surface area contributed by atoms with E-state index in [1.54, 1.807) is 0 Å². The van der Waals surface area contributed by atoms with Crippen LogP contribution in [0.15, 0.2) is 0 Å². The van der Waals surface area contributed by atoms with E-state index in [4.69, 9.17) is 16.6 Å². The van der Waals surface area contributed by atoms with E-state index in [0.717, 1.165) is 0 Å². The number of nitrogens with two attached hydrogens (primary N) is 2. The van der Waals surface area contributed by atoms with E-state index in [-0.39, 0.29) is 12.3 Å². The van der Waals surface area contributed by atoms with Crippen LogP contribution < -0.4 is 27.4 Å². The summed E-state index contributed by atoms with van der Waals surface area (Å²) in [7, 11) is 0.